The van der Waals surface area contributed by atoms with Crippen LogP contribution in [-0.4, -0.2) is 41.0 Å². The van der Waals surface area contributed by atoms with Gasteiger partial charge in [0.1, 0.15) is 11.6 Å². The van der Waals surface area contributed by atoms with E-state index in [9.17, 15) is 13.6 Å². The number of nitrogens with zero attached hydrogens (tertiary/aromatic N) is 3. The van der Waals surface area contributed by atoms with Crippen LogP contribution in [0.2, 0.25) is 0 Å². The lowest BCUT2D eigenvalue weighted by atomic mass is 9.93. The zero-order chi connectivity index (χ0) is 22.7. The average Bonchev–Trinajstić information content (AvgIpc) is 2.73. The molecule has 0 aliphatic carbocycles. The van der Waals surface area contributed by atoms with E-state index in [4.69, 9.17) is 10.5 Å². The van der Waals surface area contributed by atoms with Crippen molar-refractivity contribution in [2.45, 2.75) is 19.4 Å². The summed E-state index contributed by atoms with van der Waals surface area (Å²) in [5.74, 6) is -1.12. The van der Waals surface area contributed by atoms with Crippen molar-refractivity contribution in [2.24, 2.45) is 5.92 Å². The van der Waals surface area contributed by atoms with E-state index >= 15 is 0 Å². The highest BCUT2D eigenvalue weighted by molar-refractivity contribution is 5.81. The van der Waals surface area contributed by atoms with Crippen molar-refractivity contribution in [3.63, 3.8) is 0 Å². The van der Waals surface area contributed by atoms with Crippen molar-refractivity contribution in [1.82, 2.24) is 14.9 Å². The molecule has 1 saturated heterocycles. The topological polar surface area (TPSA) is 81.3 Å². The molecule has 0 radical (unpaired) electrons. The minimum Gasteiger partial charge on any atom is -0.397 e. The van der Waals surface area contributed by atoms with E-state index < -0.39 is 11.6 Å². The molecular weight excluding hydrogens is 414 g/mol. The number of carbonyl (C=O) groups is 1. The molecule has 8 heteroatoms. The molecule has 166 valence electrons. The van der Waals surface area contributed by atoms with Gasteiger partial charge in [-0.15, -0.1) is 0 Å². The van der Waals surface area contributed by atoms with Crippen LogP contribution >= 0.6 is 0 Å². The zero-order valence-electron chi connectivity index (χ0n) is 17.7. The fourth-order valence-corrected chi connectivity index (χ4v) is 3.83. The summed E-state index contributed by atoms with van der Waals surface area (Å²) >= 11 is 0. The largest absolute Gasteiger partial charge is 0.397 e. The number of pyridine rings is 2. The van der Waals surface area contributed by atoms with Gasteiger partial charge in [0.15, 0.2) is 0 Å². The highest BCUT2D eigenvalue weighted by Crippen LogP contribution is 2.26. The number of aromatic nitrogens is 2. The second-order valence-electron chi connectivity index (χ2n) is 7.96. The molecule has 0 spiro atoms. The van der Waals surface area contributed by atoms with Crippen LogP contribution in [0.1, 0.15) is 17.1 Å². The second kappa shape index (κ2) is 9.40. The Morgan fingerprint density at radius 1 is 1.12 bits per heavy atom. The lowest BCUT2D eigenvalue weighted by Gasteiger charge is -2.39. The summed E-state index contributed by atoms with van der Waals surface area (Å²) in [6, 6.07) is 12.3. The summed E-state index contributed by atoms with van der Waals surface area (Å²) in [5.41, 5.74) is 9.08. The van der Waals surface area contributed by atoms with Crippen LogP contribution in [0.25, 0.3) is 11.3 Å². The van der Waals surface area contributed by atoms with Gasteiger partial charge in [0.25, 0.3) is 0 Å². The van der Waals surface area contributed by atoms with Gasteiger partial charge in [-0.05, 0) is 48.7 Å². The lowest BCUT2D eigenvalue weighted by molar-refractivity contribution is -0.136. The molecule has 2 N–H and O–H groups in total. The first-order chi connectivity index (χ1) is 15.4. The Bertz CT molecular complexity index is 1130. The molecule has 1 aliphatic rings. The predicted molar refractivity (Wildman–Crippen MR) is 116 cm³/mol. The van der Waals surface area contributed by atoms with Gasteiger partial charge >= 0.3 is 0 Å². The summed E-state index contributed by atoms with van der Waals surface area (Å²) in [4.78, 5) is 23.4. The molecule has 1 aliphatic heterocycles. The van der Waals surface area contributed by atoms with E-state index in [1.54, 1.807) is 24.1 Å². The Hall–Kier alpha value is -3.39. The highest BCUT2D eigenvalue weighted by Gasteiger charge is 2.31. The summed E-state index contributed by atoms with van der Waals surface area (Å²) < 4.78 is 32.4. The number of methoxy groups -OCH3 is 1. The van der Waals surface area contributed by atoms with Crippen molar-refractivity contribution in [3.8, 4) is 11.3 Å². The van der Waals surface area contributed by atoms with Gasteiger partial charge in [-0.1, -0.05) is 6.07 Å². The SMILES string of the molecule is COCc1cccc(CC2CN(C(=O)Cc3nc(-c4ccc(F)cc4F)ccc3N)C2)n1. The molecule has 2 aromatic heterocycles. The summed E-state index contributed by atoms with van der Waals surface area (Å²) in [6.07, 6.45) is 0.817. The van der Waals surface area contributed by atoms with Crippen LogP contribution in [-0.2, 0) is 29.0 Å². The Labute approximate surface area is 185 Å². The number of rotatable bonds is 7. The van der Waals surface area contributed by atoms with E-state index in [0.717, 1.165) is 23.9 Å². The number of carbonyl (C=O) groups excluding carboxylic acids is 1. The summed E-state index contributed by atoms with van der Waals surface area (Å²) in [5, 5.41) is 0. The van der Waals surface area contributed by atoms with Gasteiger partial charge in [0, 0.05) is 37.5 Å². The standard InChI is InChI=1S/C24H24F2N4O2/c1-32-14-18-4-2-3-17(28-18)9-15-12-30(13-15)24(31)11-23-21(27)7-8-22(29-23)19-6-5-16(25)10-20(19)26/h2-8,10,15H,9,11-14,27H2,1H3. The third kappa shape index (κ3) is 4.91. The Kier molecular flexibility index (Phi) is 6.41. The molecule has 6 nitrogen and oxygen atoms in total. The number of anilines is 1. The quantitative estimate of drug-likeness (QED) is 0.612. The van der Waals surface area contributed by atoms with E-state index in [2.05, 4.69) is 9.97 Å². The normalized spacial score (nSPS) is 13.8. The van der Waals surface area contributed by atoms with Crippen LogP contribution in [0.3, 0.4) is 0 Å². The number of nitrogens with two attached hydrogens (primary N) is 1. The monoisotopic (exact) mass is 438 g/mol. The first kappa shape index (κ1) is 21.8. The number of nitrogen functional groups attached to an aromatic ring is 1. The number of hydrogen-bond acceptors (Lipinski definition) is 5. The minimum absolute atomic E-state index is 0.0246. The molecule has 0 bridgehead atoms. The first-order valence-corrected chi connectivity index (χ1v) is 10.3. The number of hydrogen-bond donors (Lipinski definition) is 1. The average molecular weight is 438 g/mol. The zero-order valence-corrected chi connectivity index (χ0v) is 17.7. The molecule has 32 heavy (non-hydrogen) atoms. The Morgan fingerprint density at radius 2 is 1.91 bits per heavy atom. The van der Waals surface area contributed by atoms with E-state index in [1.807, 2.05) is 18.2 Å². The smallest absolute Gasteiger partial charge is 0.228 e. The van der Waals surface area contributed by atoms with E-state index in [1.165, 1.54) is 12.1 Å². The Balaban J connectivity index is 1.37. The molecule has 4 rings (SSSR count). The number of halogens is 2. The first-order valence-electron chi connectivity index (χ1n) is 10.3. The third-order valence-corrected chi connectivity index (χ3v) is 5.50. The van der Waals surface area contributed by atoms with Crippen LogP contribution < -0.4 is 5.73 Å². The lowest BCUT2D eigenvalue weighted by Crippen LogP contribution is -2.51. The maximum Gasteiger partial charge on any atom is 0.228 e. The van der Waals surface area contributed by atoms with Crippen molar-refractivity contribution >= 4 is 11.6 Å². The summed E-state index contributed by atoms with van der Waals surface area (Å²) in [6.45, 7) is 1.75. The molecule has 3 aromatic rings. The molecule has 1 fully saturated rings. The fourth-order valence-electron chi connectivity index (χ4n) is 3.83. The Morgan fingerprint density at radius 3 is 2.66 bits per heavy atom. The molecule has 3 heterocycles. The van der Waals surface area contributed by atoms with Gasteiger partial charge in [-0.25, -0.2) is 8.78 Å². The molecule has 1 amide bonds. The molecular formula is C24H24F2N4O2. The van der Waals surface area contributed by atoms with Gasteiger partial charge in [0.2, 0.25) is 5.91 Å². The fraction of sp³-hybridized carbons (Fsp3) is 0.292. The van der Waals surface area contributed by atoms with Crippen LogP contribution in [0.15, 0.2) is 48.5 Å². The molecule has 0 unspecified atom stereocenters. The number of likely N-dealkylation sites (tertiary alicyclic amines) is 1. The maximum atomic E-state index is 14.1. The van der Waals surface area contributed by atoms with Gasteiger partial charge in [-0.3, -0.25) is 14.8 Å². The number of ether oxygens (including phenoxy) is 1. The van der Waals surface area contributed by atoms with Crippen LogP contribution in [0.4, 0.5) is 14.5 Å². The predicted octanol–water partition coefficient (Wildman–Crippen LogP) is 3.39. The highest BCUT2D eigenvalue weighted by atomic mass is 19.1. The number of amides is 1. The minimum atomic E-state index is -0.715. The molecule has 0 saturated carbocycles. The molecule has 1 aromatic carbocycles. The van der Waals surface area contributed by atoms with Crippen molar-refractivity contribution in [3.05, 3.63) is 77.2 Å². The van der Waals surface area contributed by atoms with Crippen LogP contribution in [0, 0.1) is 17.6 Å². The van der Waals surface area contributed by atoms with Gasteiger partial charge in [-0.2, -0.15) is 0 Å². The molecule has 0 atom stereocenters. The second-order valence-corrected chi connectivity index (χ2v) is 7.96. The number of benzene rings is 1. The van der Waals surface area contributed by atoms with Gasteiger partial charge in [0.05, 0.1) is 35.8 Å². The van der Waals surface area contributed by atoms with E-state index in [0.29, 0.717) is 42.7 Å². The maximum absolute atomic E-state index is 14.1. The van der Waals surface area contributed by atoms with Crippen molar-refractivity contribution in [2.75, 3.05) is 25.9 Å². The van der Waals surface area contributed by atoms with Crippen molar-refractivity contribution in [1.29, 1.82) is 0 Å². The third-order valence-electron chi connectivity index (χ3n) is 5.50. The summed E-state index contributed by atoms with van der Waals surface area (Å²) in [7, 11) is 1.64. The van der Waals surface area contributed by atoms with Gasteiger partial charge < -0.3 is 15.4 Å². The van der Waals surface area contributed by atoms with E-state index in [-0.39, 0.29) is 17.9 Å². The van der Waals surface area contributed by atoms with Crippen molar-refractivity contribution < 1.29 is 18.3 Å². The van der Waals surface area contributed by atoms with Crippen LogP contribution in [0.5, 0.6) is 0 Å².